The van der Waals surface area contributed by atoms with Crippen LogP contribution in [0.15, 0.2) is 52.9 Å². The van der Waals surface area contributed by atoms with Crippen LogP contribution in [0.25, 0.3) is 11.0 Å². The van der Waals surface area contributed by atoms with Gasteiger partial charge in [0.15, 0.2) is 17.3 Å². The fourth-order valence-electron chi connectivity index (χ4n) is 4.00. The van der Waals surface area contributed by atoms with Crippen LogP contribution in [0, 0.1) is 12.8 Å². The van der Waals surface area contributed by atoms with E-state index >= 15 is 0 Å². The lowest BCUT2D eigenvalue weighted by Gasteiger charge is -2.24. The van der Waals surface area contributed by atoms with E-state index in [4.69, 9.17) is 9.15 Å². The van der Waals surface area contributed by atoms with Gasteiger partial charge >= 0.3 is 0 Å². The number of ketones is 2. The molecular weight excluding hydrogens is 446 g/mol. The number of aryl methyl sites for hydroxylation is 1. The highest BCUT2D eigenvalue weighted by Gasteiger charge is 2.54. The number of ether oxygens (including phenoxy) is 1. The zero-order valence-electron chi connectivity index (χ0n) is 17.5. The number of benzene rings is 2. The summed E-state index contributed by atoms with van der Waals surface area (Å²) in [5, 5.41) is 19.5. The van der Waals surface area contributed by atoms with Gasteiger partial charge in [-0.25, -0.2) is 0 Å². The largest absolute Gasteiger partial charge is 0.504 e. The molecule has 1 fully saturated rings. The van der Waals surface area contributed by atoms with Gasteiger partial charge in [0.1, 0.15) is 16.5 Å². The van der Waals surface area contributed by atoms with E-state index in [2.05, 4.69) is 10.2 Å². The lowest BCUT2D eigenvalue weighted by atomic mass is 9.88. The van der Waals surface area contributed by atoms with Gasteiger partial charge in [0.25, 0.3) is 5.91 Å². The summed E-state index contributed by atoms with van der Waals surface area (Å²) in [4.78, 5) is 41.0. The molecule has 2 unspecified atom stereocenters. The minimum Gasteiger partial charge on any atom is -0.504 e. The van der Waals surface area contributed by atoms with Crippen LogP contribution in [-0.4, -0.2) is 39.9 Å². The fourth-order valence-corrected chi connectivity index (χ4v) is 4.72. The Bertz CT molecular complexity index is 1390. The molecule has 5 rings (SSSR count). The lowest BCUT2D eigenvalue weighted by molar-refractivity contribution is -0.135. The molecule has 0 bridgehead atoms. The first-order valence-electron chi connectivity index (χ1n) is 9.96. The van der Waals surface area contributed by atoms with Gasteiger partial charge in [0.05, 0.1) is 13.2 Å². The molecule has 1 amide bonds. The van der Waals surface area contributed by atoms with E-state index in [9.17, 15) is 19.5 Å². The van der Waals surface area contributed by atoms with Gasteiger partial charge in [-0.1, -0.05) is 35.6 Å². The first-order valence-corrected chi connectivity index (χ1v) is 10.8. The van der Waals surface area contributed by atoms with Crippen LogP contribution >= 0.6 is 11.3 Å². The first-order chi connectivity index (χ1) is 15.9. The summed E-state index contributed by atoms with van der Waals surface area (Å²) in [6, 6.07) is 12.0. The number of phenolic OH excluding ortho intramolecular Hbond substituents is 1. The number of nitrogens with zero attached hydrogens (tertiary/aromatic N) is 3. The maximum atomic E-state index is 13.6. The molecule has 1 saturated heterocycles. The summed E-state index contributed by atoms with van der Waals surface area (Å²) in [6.07, 6.45) is 0. The number of furan rings is 1. The number of Topliss-reactive ketones (excluding diaryl/α,β-unsaturated/α-hetero) is 2. The first kappa shape index (κ1) is 20.8. The maximum Gasteiger partial charge on any atom is 0.297 e. The summed E-state index contributed by atoms with van der Waals surface area (Å²) in [6.45, 7) is 1.72. The molecule has 4 aromatic rings. The second-order valence-corrected chi connectivity index (χ2v) is 8.67. The molecule has 2 aromatic carbocycles. The average molecular weight is 463 g/mol. The van der Waals surface area contributed by atoms with Crippen LogP contribution in [0.1, 0.15) is 27.2 Å². The monoisotopic (exact) mass is 463 g/mol. The van der Waals surface area contributed by atoms with Crippen LogP contribution in [0.5, 0.6) is 11.5 Å². The number of phenols is 1. The number of aromatic nitrogens is 2. The van der Waals surface area contributed by atoms with Crippen molar-refractivity contribution in [2.24, 2.45) is 5.92 Å². The molecule has 33 heavy (non-hydrogen) atoms. The van der Waals surface area contributed by atoms with Crippen molar-refractivity contribution in [2.75, 3.05) is 12.0 Å². The Morgan fingerprint density at radius 3 is 2.64 bits per heavy atom. The number of anilines is 1. The highest BCUT2D eigenvalue weighted by molar-refractivity contribution is 7.15. The Kier molecular flexibility index (Phi) is 4.94. The van der Waals surface area contributed by atoms with Crippen LogP contribution in [-0.2, 0) is 9.59 Å². The topological polar surface area (TPSA) is 123 Å². The van der Waals surface area contributed by atoms with E-state index in [0.717, 1.165) is 11.3 Å². The number of para-hydroxylation sites is 1. The van der Waals surface area contributed by atoms with Gasteiger partial charge in [-0.3, -0.25) is 19.3 Å². The molecule has 9 nitrogen and oxygen atoms in total. The van der Waals surface area contributed by atoms with Crippen molar-refractivity contribution < 1.29 is 28.6 Å². The molecule has 1 aliphatic heterocycles. The highest BCUT2D eigenvalue weighted by Crippen LogP contribution is 2.44. The smallest absolute Gasteiger partial charge is 0.297 e. The minimum absolute atomic E-state index is 0.0200. The van der Waals surface area contributed by atoms with Crippen LogP contribution < -0.4 is 9.64 Å². The lowest BCUT2D eigenvalue weighted by Crippen LogP contribution is -2.30. The van der Waals surface area contributed by atoms with Gasteiger partial charge in [-0.05, 0) is 36.8 Å². The van der Waals surface area contributed by atoms with Crippen molar-refractivity contribution >= 4 is 44.9 Å². The standard InChI is InChI=1S/C23H17N3O6S/c1-11-24-25-23(33-11)26-19(13-7-8-14(27)16(10-13)31-2)18(21(29)22(26)30)20(28)17-9-12-5-3-4-6-15(12)32-17/h3-10,18-19,27H,1-2H3. The second kappa shape index (κ2) is 7.82. The molecule has 166 valence electrons. The summed E-state index contributed by atoms with van der Waals surface area (Å²) < 4.78 is 10.9. The number of hydrogen-bond donors (Lipinski definition) is 1. The van der Waals surface area contributed by atoms with Gasteiger partial charge < -0.3 is 14.3 Å². The minimum atomic E-state index is -1.38. The number of carbonyl (C=O) groups excluding carboxylic acids is 3. The molecule has 0 spiro atoms. The van der Waals surface area contributed by atoms with Gasteiger partial charge in [0.2, 0.25) is 16.7 Å². The van der Waals surface area contributed by atoms with E-state index in [1.165, 1.54) is 30.2 Å². The Morgan fingerprint density at radius 2 is 1.94 bits per heavy atom. The Morgan fingerprint density at radius 1 is 1.15 bits per heavy atom. The molecular formula is C23H17N3O6S. The molecule has 10 heteroatoms. The van der Waals surface area contributed by atoms with E-state index < -0.39 is 29.4 Å². The summed E-state index contributed by atoms with van der Waals surface area (Å²) >= 11 is 1.13. The number of methoxy groups -OCH3 is 1. The average Bonchev–Trinajstić information content (AvgIpc) is 3.50. The zero-order valence-corrected chi connectivity index (χ0v) is 18.3. The number of carbonyl (C=O) groups is 3. The van der Waals surface area contributed by atoms with Crippen molar-refractivity contribution in [3.05, 3.63) is 64.9 Å². The quantitative estimate of drug-likeness (QED) is 0.271. The molecule has 2 atom stereocenters. The van der Waals surface area contributed by atoms with E-state index in [0.29, 0.717) is 21.5 Å². The van der Waals surface area contributed by atoms with Crippen molar-refractivity contribution in [2.45, 2.75) is 13.0 Å². The molecule has 0 saturated carbocycles. The number of fused-ring (bicyclic) bond motifs is 1. The number of hydrogen-bond acceptors (Lipinski definition) is 9. The predicted octanol–water partition coefficient (Wildman–Crippen LogP) is 3.46. The molecule has 0 aliphatic carbocycles. The van der Waals surface area contributed by atoms with Crippen molar-refractivity contribution in [3.63, 3.8) is 0 Å². The molecule has 0 radical (unpaired) electrons. The fraction of sp³-hybridized carbons (Fsp3) is 0.174. The predicted molar refractivity (Wildman–Crippen MR) is 119 cm³/mol. The van der Waals surface area contributed by atoms with E-state index in [1.807, 2.05) is 0 Å². The maximum absolute atomic E-state index is 13.6. The van der Waals surface area contributed by atoms with Gasteiger partial charge in [-0.15, -0.1) is 10.2 Å². The highest BCUT2D eigenvalue weighted by atomic mass is 32.1. The molecule has 1 aliphatic rings. The zero-order chi connectivity index (χ0) is 23.3. The number of aromatic hydroxyl groups is 1. The van der Waals surface area contributed by atoms with Crippen LogP contribution in [0.4, 0.5) is 5.13 Å². The number of rotatable bonds is 5. The number of amides is 1. The summed E-state index contributed by atoms with van der Waals surface area (Å²) in [5.41, 5.74) is 0.920. The van der Waals surface area contributed by atoms with Gasteiger partial charge in [-0.2, -0.15) is 0 Å². The summed E-state index contributed by atoms with van der Waals surface area (Å²) in [7, 11) is 1.38. The third-order valence-corrected chi connectivity index (χ3v) is 6.36. The molecule has 2 aromatic heterocycles. The summed E-state index contributed by atoms with van der Waals surface area (Å²) in [5.74, 6) is -3.73. The van der Waals surface area contributed by atoms with E-state index in [1.54, 1.807) is 37.3 Å². The third kappa shape index (κ3) is 3.35. The van der Waals surface area contributed by atoms with Crippen LogP contribution in [0.2, 0.25) is 0 Å². The van der Waals surface area contributed by atoms with Crippen LogP contribution in [0.3, 0.4) is 0 Å². The van der Waals surface area contributed by atoms with Gasteiger partial charge in [0, 0.05) is 5.39 Å². The Balaban J connectivity index is 1.66. The normalized spacial score (nSPS) is 18.3. The van der Waals surface area contributed by atoms with E-state index in [-0.39, 0.29) is 22.4 Å². The second-order valence-electron chi connectivity index (χ2n) is 7.51. The molecule has 1 N–H and O–H groups in total. The third-order valence-electron chi connectivity index (χ3n) is 5.52. The van der Waals surface area contributed by atoms with Crippen molar-refractivity contribution in [1.29, 1.82) is 0 Å². The van der Waals surface area contributed by atoms with Crippen molar-refractivity contribution in [3.8, 4) is 11.5 Å². The Labute approximate surface area is 191 Å². The van der Waals surface area contributed by atoms with Crippen molar-refractivity contribution in [1.82, 2.24) is 10.2 Å². The SMILES string of the molecule is COc1cc(C2C(C(=O)c3cc4ccccc4o3)C(=O)C(=O)N2c2nnc(C)s2)ccc1O. The Hall–Kier alpha value is -4.05. The molecule has 3 heterocycles.